The summed E-state index contributed by atoms with van der Waals surface area (Å²) in [5, 5.41) is 18.5. The number of quaternary nitrogens is 1. The van der Waals surface area contributed by atoms with E-state index in [9.17, 15) is 14.7 Å². The maximum absolute atomic E-state index is 11.6. The second kappa shape index (κ2) is 11.2. The molecule has 0 fully saturated rings. The molecule has 2 aliphatic heterocycles. The van der Waals surface area contributed by atoms with Crippen LogP contribution in [0.1, 0.15) is 35.6 Å². The second-order valence-corrected chi connectivity index (χ2v) is 9.75. The monoisotopic (exact) mass is 528 g/mol. The number of nitrogens with zero attached hydrogens (tertiary/aromatic N) is 1. The molecule has 2 heterocycles. The van der Waals surface area contributed by atoms with Crippen LogP contribution in [0.4, 0.5) is 0 Å². The number of aliphatic carboxylic acids is 2. The van der Waals surface area contributed by atoms with Crippen molar-refractivity contribution in [2.24, 2.45) is 0 Å². The quantitative estimate of drug-likeness (QED) is 0.333. The summed E-state index contributed by atoms with van der Waals surface area (Å²) in [6, 6.07) is 8.02. The molecule has 0 spiro atoms. The van der Waals surface area contributed by atoms with Crippen LogP contribution in [0.2, 0.25) is 0 Å². The van der Waals surface area contributed by atoms with Crippen molar-refractivity contribution in [1.29, 1.82) is 0 Å². The molecule has 2 aromatic rings. The first-order valence-electron chi connectivity index (χ1n) is 12.4. The Morgan fingerprint density at radius 2 is 1.68 bits per heavy atom. The van der Waals surface area contributed by atoms with Gasteiger partial charge in [0.1, 0.15) is 6.04 Å². The minimum absolute atomic E-state index is 0.00721. The zero-order valence-electron chi connectivity index (χ0n) is 22.1. The maximum atomic E-state index is 11.6. The third-order valence-corrected chi connectivity index (χ3v) is 7.48. The Morgan fingerprint density at radius 1 is 1.03 bits per heavy atom. The van der Waals surface area contributed by atoms with Crippen molar-refractivity contribution in [3.8, 4) is 28.7 Å². The van der Waals surface area contributed by atoms with Crippen LogP contribution in [0.5, 0.6) is 28.7 Å². The van der Waals surface area contributed by atoms with Crippen molar-refractivity contribution in [3.63, 3.8) is 0 Å². The van der Waals surface area contributed by atoms with Gasteiger partial charge in [0, 0.05) is 36.5 Å². The molecule has 38 heavy (non-hydrogen) atoms. The number of carboxylic acid groups (broad SMARTS) is 2. The van der Waals surface area contributed by atoms with Gasteiger partial charge in [0.05, 0.1) is 41.5 Å². The summed E-state index contributed by atoms with van der Waals surface area (Å²) in [6.07, 6.45) is 2.94. The molecule has 204 valence electrons. The van der Waals surface area contributed by atoms with E-state index in [-0.39, 0.29) is 24.8 Å². The van der Waals surface area contributed by atoms with Gasteiger partial charge in [-0.2, -0.15) is 0 Å². The smallest absolute Gasteiger partial charge is 0.331 e. The van der Waals surface area contributed by atoms with E-state index in [2.05, 4.69) is 19.2 Å². The lowest BCUT2D eigenvalue weighted by Crippen LogP contribution is -2.52. The van der Waals surface area contributed by atoms with Crippen LogP contribution in [-0.4, -0.2) is 74.9 Å². The molecule has 2 aliphatic rings. The van der Waals surface area contributed by atoms with E-state index in [1.165, 1.54) is 5.56 Å². The lowest BCUT2D eigenvalue weighted by atomic mass is 9.86. The number of methoxy groups -OCH3 is 3. The fraction of sp³-hybridized carbons (Fsp3) is 0.429. The van der Waals surface area contributed by atoms with Crippen molar-refractivity contribution in [1.82, 2.24) is 0 Å². The first-order valence-corrected chi connectivity index (χ1v) is 12.4. The van der Waals surface area contributed by atoms with Crippen molar-refractivity contribution in [2.75, 3.05) is 48.3 Å². The van der Waals surface area contributed by atoms with Gasteiger partial charge in [0.15, 0.2) is 23.0 Å². The predicted octanol–water partition coefficient (Wildman–Crippen LogP) is 3.60. The summed E-state index contributed by atoms with van der Waals surface area (Å²) in [4.78, 5) is 22.6. The molecule has 0 amide bonds. The summed E-state index contributed by atoms with van der Waals surface area (Å²) < 4.78 is 28.6. The maximum Gasteiger partial charge on any atom is 0.331 e. The molecule has 0 bridgehead atoms. The van der Waals surface area contributed by atoms with Gasteiger partial charge >= 0.3 is 11.9 Å². The molecule has 2 N–H and O–H groups in total. The van der Waals surface area contributed by atoms with Crippen LogP contribution < -0.4 is 23.7 Å². The lowest BCUT2D eigenvalue weighted by molar-refractivity contribution is -0.941. The van der Waals surface area contributed by atoms with Crippen LogP contribution in [0, 0.1) is 0 Å². The fourth-order valence-corrected chi connectivity index (χ4v) is 5.49. The van der Waals surface area contributed by atoms with Gasteiger partial charge in [-0.05, 0) is 41.8 Å². The molecule has 4 rings (SSSR count). The van der Waals surface area contributed by atoms with Crippen LogP contribution in [-0.2, 0) is 22.4 Å². The Labute approximate surface area is 221 Å². The highest BCUT2D eigenvalue weighted by atomic mass is 16.7. The summed E-state index contributed by atoms with van der Waals surface area (Å²) in [7, 11) is 6.90. The molecule has 0 unspecified atom stereocenters. The average molecular weight is 529 g/mol. The Bertz CT molecular complexity index is 1230. The SMILES string of the molecule is COc1cc(C[C@@H]2c3cc4c(cc3CC[N@+]2(C)CCCC(=CC(=O)O)C(=O)O)OCO4)cc(OC)c1OC. The largest absolute Gasteiger partial charge is 0.493 e. The van der Waals surface area contributed by atoms with Crippen molar-refractivity contribution < 1.29 is 48.0 Å². The van der Waals surface area contributed by atoms with E-state index in [1.54, 1.807) is 21.3 Å². The normalized spacial score (nSPS) is 20.0. The number of hydrogen-bond donors (Lipinski definition) is 2. The molecule has 10 nitrogen and oxygen atoms in total. The Morgan fingerprint density at radius 3 is 2.26 bits per heavy atom. The van der Waals surface area contributed by atoms with Crippen LogP contribution in [0.25, 0.3) is 0 Å². The van der Waals surface area contributed by atoms with E-state index in [4.69, 9.17) is 28.8 Å². The highest BCUT2D eigenvalue weighted by Gasteiger charge is 2.40. The van der Waals surface area contributed by atoms with Crippen molar-refractivity contribution in [3.05, 3.63) is 52.6 Å². The Kier molecular flexibility index (Phi) is 8.01. The molecule has 2 atom stereocenters. The number of carboxylic acids is 2. The third-order valence-electron chi connectivity index (χ3n) is 7.48. The van der Waals surface area contributed by atoms with Crippen LogP contribution in [0.15, 0.2) is 35.9 Å². The molecule has 0 saturated carbocycles. The first-order chi connectivity index (χ1) is 18.2. The molecule has 0 aromatic heterocycles. The minimum Gasteiger partial charge on any atom is -0.493 e. The van der Waals surface area contributed by atoms with Gasteiger partial charge in [-0.3, -0.25) is 0 Å². The number of ether oxygens (including phenoxy) is 5. The van der Waals surface area contributed by atoms with E-state index < -0.39 is 11.9 Å². The average Bonchev–Trinajstić information content (AvgIpc) is 3.35. The summed E-state index contributed by atoms with van der Waals surface area (Å²) >= 11 is 0. The van der Waals surface area contributed by atoms with Gasteiger partial charge in [-0.25, -0.2) is 9.59 Å². The van der Waals surface area contributed by atoms with Gasteiger partial charge in [-0.1, -0.05) is 0 Å². The van der Waals surface area contributed by atoms with Gasteiger partial charge in [0.2, 0.25) is 12.5 Å². The number of fused-ring (bicyclic) bond motifs is 2. The van der Waals surface area contributed by atoms with E-state index in [1.807, 2.05) is 12.1 Å². The van der Waals surface area contributed by atoms with E-state index >= 15 is 0 Å². The van der Waals surface area contributed by atoms with E-state index in [0.717, 1.165) is 35.9 Å². The summed E-state index contributed by atoms with van der Waals surface area (Å²) in [5.74, 6) is 0.660. The first kappa shape index (κ1) is 27.1. The minimum atomic E-state index is -1.26. The van der Waals surface area contributed by atoms with E-state index in [0.29, 0.717) is 46.9 Å². The Balaban J connectivity index is 1.69. The molecule has 0 aliphatic carbocycles. The van der Waals surface area contributed by atoms with Gasteiger partial charge < -0.3 is 38.4 Å². The van der Waals surface area contributed by atoms with Crippen LogP contribution in [0.3, 0.4) is 0 Å². The van der Waals surface area contributed by atoms with Crippen LogP contribution >= 0.6 is 0 Å². The molecular weight excluding hydrogens is 494 g/mol. The van der Waals surface area contributed by atoms with Gasteiger partial charge in [-0.15, -0.1) is 0 Å². The fourth-order valence-electron chi connectivity index (χ4n) is 5.49. The summed E-state index contributed by atoms with van der Waals surface area (Å²) in [6.45, 7) is 1.68. The number of carbonyl (C=O) groups is 2. The lowest BCUT2D eigenvalue weighted by Gasteiger charge is -2.46. The zero-order chi connectivity index (χ0) is 27.4. The van der Waals surface area contributed by atoms with Crippen molar-refractivity contribution in [2.45, 2.75) is 31.7 Å². The number of benzene rings is 2. The topological polar surface area (TPSA) is 121 Å². The molecular formula is C28H34NO9+. The molecule has 10 heteroatoms. The standard InChI is InChI=1S/C28H33NO9/c1-29(8-5-6-19(28(32)33)14-26(30)31)9-7-18-13-22-23(38-16-37-22)15-20(18)21(29)10-17-11-24(34-2)27(36-4)25(12-17)35-3/h11-15,21H,5-10,16H2,1-4H3,(H-,30,31,32,33)/p+1/t21-,29+/m1/s1. The highest BCUT2D eigenvalue weighted by molar-refractivity contribution is 5.94. The Hall–Kier alpha value is -3.92. The second-order valence-electron chi connectivity index (χ2n) is 9.75. The molecule has 0 radical (unpaired) electrons. The van der Waals surface area contributed by atoms with Crippen molar-refractivity contribution >= 4 is 11.9 Å². The summed E-state index contributed by atoms with van der Waals surface area (Å²) in [5.41, 5.74) is 3.23. The number of likely N-dealkylation sites (N-methyl/N-ethyl adjacent to an activating group) is 1. The highest BCUT2D eigenvalue weighted by Crippen LogP contribution is 2.45. The molecule has 2 aromatic carbocycles. The van der Waals surface area contributed by atoms with Gasteiger partial charge in [0.25, 0.3) is 0 Å². The number of rotatable bonds is 11. The third kappa shape index (κ3) is 5.50. The predicted molar refractivity (Wildman–Crippen MR) is 137 cm³/mol. The number of hydrogen-bond acceptors (Lipinski definition) is 7. The molecule has 0 saturated heterocycles. The zero-order valence-corrected chi connectivity index (χ0v) is 22.1.